The van der Waals surface area contributed by atoms with Crippen molar-refractivity contribution in [1.29, 1.82) is 0 Å². The van der Waals surface area contributed by atoms with Gasteiger partial charge in [0.05, 0.1) is 4.90 Å². The molecule has 1 rings (SSSR count). The van der Waals surface area contributed by atoms with Gasteiger partial charge in [-0.1, -0.05) is 94.6 Å². The number of unbranched alkanes of at least 4 members (excludes halogenated alkanes) is 12. The molecule has 0 fully saturated rings. The molecule has 0 aromatic heterocycles. The van der Waals surface area contributed by atoms with Crippen LogP contribution in [0.3, 0.4) is 0 Å². The molecule has 0 aliphatic carbocycles. The molecule has 0 aliphatic rings. The Morgan fingerprint density at radius 1 is 0.724 bits per heavy atom. The lowest BCUT2D eigenvalue weighted by Crippen LogP contribution is -2.24. The molecule has 29 heavy (non-hydrogen) atoms. The average Bonchev–Trinajstić information content (AvgIpc) is 2.70. The Bertz CT molecular complexity index is 635. The van der Waals surface area contributed by atoms with Crippen molar-refractivity contribution in [2.45, 2.75) is 109 Å². The Morgan fingerprint density at radius 2 is 1.21 bits per heavy atom. The molecule has 0 spiro atoms. The maximum absolute atomic E-state index is 12.2. The molecule has 0 saturated carbocycles. The largest absolute Gasteiger partial charge is 0.240 e. The Balaban J connectivity index is 1.91. The molecule has 0 amide bonds. The number of sulfonamides is 1. The maximum atomic E-state index is 12.2. The van der Waals surface area contributed by atoms with Gasteiger partial charge in [-0.3, -0.25) is 0 Å². The Labute approximate surface area is 180 Å². The smallest absolute Gasteiger partial charge is 0.211 e. The first-order chi connectivity index (χ1) is 14.1. The summed E-state index contributed by atoms with van der Waals surface area (Å²) in [4.78, 5) is 0.354. The van der Waals surface area contributed by atoms with E-state index in [0.717, 1.165) is 18.4 Å². The third-order valence-electron chi connectivity index (χ3n) is 5.31. The number of aryl methyl sites for hydroxylation is 1. The highest BCUT2D eigenvalue weighted by atomic mass is 32.2. The summed E-state index contributed by atoms with van der Waals surface area (Å²) < 4.78 is 27.1. The Kier molecular flexibility index (Phi) is 14.9. The van der Waals surface area contributed by atoms with E-state index in [2.05, 4.69) is 23.8 Å². The number of allylic oxidation sites excluding steroid dienone is 2. The third kappa shape index (κ3) is 13.7. The van der Waals surface area contributed by atoms with Crippen LogP contribution in [0.2, 0.25) is 0 Å². The monoisotopic (exact) mass is 421 g/mol. The number of hydrogen-bond acceptors (Lipinski definition) is 2. The first kappa shape index (κ1) is 25.9. The molecule has 0 atom stereocenters. The highest BCUT2D eigenvalue weighted by molar-refractivity contribution is 7.89. The summed E-state index contributed by atoms with van der Waals surface area (Å²) in [5, 5.41) is 0. The van der Waals surface area contributed by atoms with Crippen LogP contribution in [0.15, 0.2) is 41.3 Å². The first-order valence-corrected chi connectivity index (χ1v) is 13.3. The van der Waals surface area contributed by atoms with E-state index in [1.165, 1.54) is 77.0 Å². The second-order valence-corrected chi connectivity index (χ2v) is 9.92. The van der Waals surface area contributed by atoms with Gasteiger partial charge in [-0.2, -0.15) is 0 Å². The SMILES string of the molecule is CCCCCCCCC=CCCCCCCCCNS(=O)(=O)c1ccc(C)cc1. The van der Waals surface area contributed by atoms with Gasteiger partial charge in [0.1, 0.15) is 0 Å². The molecule has 0 heterocycles. The van der Waals surface area contributed by atoms with Gasteiger partial charge in [0.2, 0.25) is 10.0 Å². The topological polar surface area (TPSA) is 46.2 Å². The summed E-state index contributed by atoms with van der Waals surface area (Å²) in [5.74, 6) is 0. The zero-order chi connectivity index (χ0) is 21.2. The molecule has 166 valence electrons. The van der Waals surface area contributed by atoms with Crippen molar-refractivity contribution < 1.29 is 8.42 Å². The van der Waals surface area contributed by atoms with E-state index in [1.807, 2.05) is 19.1 Å². The summed E-state index contributed by atoms with van der Waals surface area (Å²) in [6.07, 6.45) is 22.4. The predicted molar refractivity (Wildman–Crippen MR) is 126 cm³/mol. The fraction of sp³-hybridized carbons (Fsp3) is 0.680. The quantitative estimate of drug-likeness (QED) is 0.199. The average molecular weight is 422 g/mol. The minimum Gasteiger partial charge on any atom is -0.211 e. The number of benzene rings is 1. The molecule has 0 bridgehead atoms. The van der Waals surface area contributed by atoms with Crippen LogP contribution in [0, 0.1) is 6.92 Å². The Morgan fingerprint density at radius 3 is 1.76 bits per heavy atom. The van der Waals surface area contributed by atoms with E-state index in [9.17, 15) is 8.42 Å². The highest BCUT2D eigenvalue weighted by Gasteiger charge is 2.12. The summed E-state index contributed by atoms with van der Waals surface area (Å²) in [6, 6.07) is 7.00. The number of rotatable bonds is 18. The van der Waals surface area contributed by atoms with E-state index in [0.29, 0.717) is 11.4 Å². The minimum atomic E-state index is -3.36. The summed E-state index contributed by atoms with van der Waals surface area (Å²) in [5.41, 5.74) is 1.07. The fourth-order valence-corrected chi connectivity index (χ4v) is 4.45. The first-order valence-electron chi connectivity index (χ1n) is 11.8. The summed E-state index contributed by atoms with van der Waals surface area (Å²) >= 11 is 0. The lowest BCUT2D eigenvalue weighted by atomic mass is 10.1. The third-order valence-corrected chi connectivity index (χ3v) is 6.79. The minimum absolute atomic E-state index is 0.354. The molecule has 0 saturated heterocycles. The summed E-state index contributed by atoms with van der Waals surface area (Å²) in [6.45, 7) is 4.74. The van der Waals surface area contributed by atoms with Crippen molar-refractivity contribution in [3.05, 3.63) is 42.0 Å². The number of nitrogens with one attached hydrogen (secondary N) is 1. The predicted octanol–water partition coefficient (Wildman–Crippen LogP) is 7.31. The number of hydrogen-bond donors (Lipinski definition) is 1. The maximum Gasteiger partial charge on any atom is 0.240 e. The van der Waals surface area contributed by atoms with Crippen LogP contribution < -0.4 is 4.72 Å². The van der Waals surface area contributed by atoms with Crippen molar-refractivity contribution >= 4 is 10.0 Å². The second kappa shape index (κ2) is 16.6. The lowest BCUT2D eigenvalue weighted by Gasteiger charge is -2.07. The van der Waals surface area contributed by atoms with E-state index < -0.39 is 10.0 Å². The van der Waals surface area contributed by atoms with E-state index >= 15 is 0 Å². The Hall–Kier alpha value is -1.13. The molecule has 1 aromatic rings. The van der Waals surface area contributed by atoms with Crippen molar-refractivity contribution in [2.24, 2.45) is 0 Å². The molecular formula is C25H43NO2S. The lowest BCUT2D eigenvalue weighted by molar-refractivity contribution is 0.565. The van der Waals surface area contributed by atoms with Crippen LogP contribution in [0.4, 0.5) is 0 Å². The van der Waals surface area contributed by atoms with Crippen molar-refractivity contribution in [3.63, 3.8) is 0 Å². The van der Waals surface area contributed by atoms with Crippen molar-refractivity contribution in [1.82, 2.24) is 4.72 Å². The van der Waals surface area contributed by atoms with Gasteiger partial charge in [-0.15, -0.1) is 0 Å². The highest BCUT2D eigenvalue weighted by Crippen LogP contribution is 2.11. The van der Waals surface area contributed by atoms with Gasteiger partial charge in [-0.25, -0.2) is 13.1 Å². The van der Waals surface area contributed by atoms with E-state index in [4.69, 9.17) is 0 Å². The van der Waals surface area contributed by atoms with Gasteiger partial charge in [-0.05, 0) is 51.2 Å². The molecule has 1 aromatic carbocycles. The fourth-order valence-electron chi connectivity index (χ4n) is 3.38. The van der Waals surface area contributed by atoms with E-state index in [1.54, 1.807) is 12.1 Å². The standard InChI is InChI=1S/C25H43NO2S/c1-3-4-5-6-7-8-9-10-11-12-13-14-15-16-17-18-23-26-29(27,28)25-21-19-24(2)20-22-25/h10-11,19-22,26H,3-9,12-18,23H2,1-2H3. The molecule has 0 radical (unpaired) electrons. The van der Waals surface area contributed by atoms with Crippen molar-refractivity contribution in [2.75, 3.05) is 6.54 Å². The van der Waals surface area contributed by atoms with Crippen molar-refractivity contribution in [3.8, 4) is 0 Å². The molecule has 0 aliphatic heterocycles. The zero-order valence-corrected chi connectivity index (χ0v) is 19.6. The van der Waals surface area contributed by atoms with E-state index in [-0.39, 0.29) is 0 Å². The van der Waals surface area contributed by atoms with Crippen LogP contribution in [-0.4, -0.2) is 15.0 Å². The van der Waals surface area contributed by atoms with Crippen LogP contribution in [0.1, 0.15) is 102 Å². The van der Waals surface area contributed by atoms with Gasteiger partial charge in [0, 0.05) is 6.54 Å². The summed E-state index contributed by atoms with van der Waals surface area (Å²) in [7, 11) is -3.36. The molecular weight excluding hydrogens is 378 g/mol. The van der Waals surface area contributed by atoms with Crippen LogP contribution in [-0.2, 0) is 10.0 Å². The van der Waals surface area contributed by atoms with Gasteiger partial charge < -0.3 is 0 Å². The van der Waals surface area contributed by atoms with Crippen LogP contribution in [0.5, 0.6) is 0 Å². The van der Waals surface area contributed by atoms with Crippen LogP contribution in [0.25, 0.3) is 0 Å². The van der Waals surface area contributed by atoms with Gasteiger partial charge in [0.25, 0.3) is 0 Å². The molecule has 4 heteroatoms. The van der Waals surface area contributed by atoms with Gasteiger partial charge >= 0.3 is 0 Å². The molecule has 0 unspecified atom stereocenters. The van der Waals surface area contributed by atoms with Crippen LogP contribution >= 0.6 is 0 Å². The van der Waals surface area contributed by atoms with Gasteiger partial charge in [0.15, 0.2) is 0 Å². The second-order valence-electron chi connectivity index (χ2n) is 8.15. The molecule has 3 nitrogen and oxygen atoms in total. The zero-order valence-electron chi connectivity index (χ0n) is 18.8. The normalized spacial score (nSPS) is 12.1. The molecule has 1 N–H and O–H groups in total.